The van der Waals surface area contributed by atoms with Crippen molar-refractivity contribution in [1.29, 1.82) is 0 Å². The van der Waals surface area contributed by atoms with Crippen molar-refractivity contribution < 1.29 is 9.18 Å². The highest BCUT2D eigenvalue weighted by atomic mass is 127. The van der Waals surface area contributed by atoms with Crippen molar-refractivity contribution in [3.05, 3.63) is 63.5 Å². The number of amides is 1. The van der Waals surface area contributed by atoms with Gasteiger partial charge in [-0.3, -0.25) is 4.79 Å². The highest BCUT2D eigenvalue weighted by Crippen LogP contribution is 2.19. The Kier molecular flexibility index (Phi) is 5.08. The summed E-state index contributed by atoms with van der Waals surface area (Å²) in [4.78, 5) is 12.0. The lowest BCUT2D eigenvalue weighted by molar-refractivity contribution is -0.117. The molecule has 0 aromatic heterocycles. The van der Waals surface area contributed by atoms with Gasteiger partial charge in [-0.1, -0.05) is 30.3 Å². The number of carbonyl (C=O) groups excluding carboxylic acids is 1. The second-order valence-corrected chi connectivity index (χ2v) is 5.57. The van der Waals surface area contributed by atoms with Crippen LogP contribution >= 0.6 is 22.6 Å². The summed E-state index contributed by atoms with van der Waals surface area (Å²) >= 11 is 1.97. The third-order valence-electron chi connectivity index (χ3n) is 2.82. The first kappa shape index (κ1) is 14.9. The molecule has 104 valence electrons. The lowest BCUT2D eigenvalue weighted by Gasteiger charge is -2.13. The zero-order valence-corrected chi connectivity index (χ0v) is 12.8. The highest BCUT2D eigenvalue weighted by Gasteiger charge is 2.15. The summed E-state index contributed by atoms with van der Waals surface area (Å²) in [6.07, 6.45) is 0.463. The number of benzene rings is 2. The van der Waals surface area contributed by atoms with E-state index >= 15 is 0 Å². The molecule has 0 saturated carbocycles. The second-order valence-electron chi connectivity index (χ2n) is 4.41. The Morgan fingerprint density at radius 2 is 1.95 bits per heavy atom. The van der Waals surface area contributed by atoms with E-state index < -0.39 is 6.04 Å². The Morgan fingerprint density at radius 3 is 2.60 bits per heavy atom. The fraction of sp³-hybridized carbons (Fsp3) is 0.133. The predicted octanol–water partition coefficient (Wildman–Crippen LogP) is 2.94. The van der Waals surface area contributed by atoms with E-state index in [4.69, 9.17) is 5.73 Å². The minimum atomic E-state index is -0.641. The molecule has 0 aliphatic carbocycles. The standard InChI is InChI=1S/C15H14FIN2O/c16-11-6-7-14(12(17)9-11)19-15(20)13(18)8-10-4-2-1-3-5-10/h1-7,9,13H,8,18H2,(H,19,20)/t13-/m1/s1. The maximum absolute atomic E-state index is 13.0. The van der Waals surface area contributed by atoms with Gasteiger partial charge in [-0.05, 0) is 52.8 Å². The third kappa shape index (κ3) is 4.01. The van der Waals surface area contributed by atoms with Gasteiger partial charge in [-0.25, -0.2) is 4.39 Å². The first-order valence-electron chi connectivity index (χ1n) is 6.11. The van der Waals surface area contributed by atoms with Gasteiger partial charge < -0.3 is 11.1 Å². The molecule has 5 heteroatoms. The zero-order chi connectivity index (χ0) is 14.5. The summed E-state index contributed by atoms with van der Waals surface area (Å²) in [6.45, 7) is 0. The van der Waals surface area contributed by atoms with E-state index in [-0.39, 0.29) is 11.7 Å². The van der Waals surface area contributed by atoms with Crippen LogP contribution in [0.15, 0.2) is 48.5 Å². The van der Waals surface area contributed by atoms with Gasteiger partial charge in [0.1, 0.15) is 5.82 Å². The summed E-state index contributed by atoms with van der Waals surface area (Å²) < 4.78 is 13.6. The SMILES string of the molecule is N[C@H](Cc1ccccc1)C(=O)Nc1ccc(F)cc1I. The summed E-state index contributed by atoms with van der Waals surface area (Å²) in [6, 6.07) is 13.1. The average Bonchev–Trinajstić information content (AvgIpc) is 2.43. The fourth-order valence-corrected chi connectivity index (χ4v) is 2.39. The van der Waals surface area contributed by atoms with Crippen LogP contribution in [-0.2, 0) is 11.2 Å². The van der Waals surface area contributed by atoms with Gasteiger partial charge in [0.15, 0.2) is 0 Å². The van der Waals surface area contributed by atoms with Gasteiger partial charge in [0.25, 0.3) is 0 Å². The van der Waals surface area contributed by atoms with Crippen LogP contribution in [-0.4, -0.2) is 11.9 Å². The normalized spacial score (nSPS) is 11.9. The summed E-state index contributed by atoms with van der Waals surface area (Å²) in [5.41, 5.74) is 7.46. The number of halogens is 2. The average molecular weight is 384 g/mol. The Morgan fingerprint density at radius 1 is 1.25 bits per heavy atom. The quantitative estimate of drug-likeness (QED) is 0.797. The lowest BCUT2D eigenvalue weighted by atomic mass is 10.1. The van der Waals surface area contributed by atoms with E-state index in [2.05, 4.69) is 5.32 Å². The van der Waals surface area contributed by atoms with E-state index in [1.165, 1.54) is 18.2 Å². The number of carbonyl (C=O) groups is 1. The summed E-state index contributed by atoms with van der Waals surface area (Å²) in [5, 5.41) is 2.72. The molecule has 0 radical (unpaired) electrons. The molecule has 2 rings (SSSR count). The molecule has 0 fully saturated rings. The molecular formula is C15H14FIN2O. The number of hydrogen-bond donors (Lipinski definition) is 2. The Labute approximate surface area is 130 Å². The molecule has 0 spiro atoms. The van der Waals surface area contributed by atoms with Crippen LogP contribution in [0.2, 0.25) is 0 Å². The van der Waals surface area contributed by atoms with Crippen LogP contribution in [0.4, 0.5) is 10.1 Å². The van der Waals surface area contributed by atoms with Gasteiger partial charge in [-0.15, -0.1) is 0 Å². The molecule has 0 heterocycles. The molecule has 1 amide bonds. The van der Waals surface area contributed by atoms with Crippen LogP contribution in [0.1, 0.15) is 5.56 Å². The van der Waals surface area contributed by atoms with Crippen molar-refractivity contribution in [2.75, 3.05) is 5.32 Å². The van der Waals surface area contributed by atoms with Gasteiger partial charge in [0.2, 0.25) is 5.91 Å². The molecule has 3 nitrogen and oxygen atoms in total. The number of nitrogens with one attached hydrogen (secondary N) is 1. The summed E-state index contributed by atoms with van der Waals surface area (Å²) in [7, 11) is 0. The molecule has 0 aliphatic rings. The van der Waals surface area contributed by atoms with Crippen molar-refractivity contribution >= 4 is 34.2 Å². The van der Waals surface area contributed by atoms with Crippen molar-refractivity contribution in [1.82, 2.24) is 0 Å². The predicted molar refractivity (Wildman–Crippen MR) is 85.9 cm³/mol. The van der Waals surface area contributed by atoms with E-state index in [0.717, 1.165) is 5.56 Å². The van der Waals surface area contributed by atoms with E-state index in [1.54, 1.807) is 0 Å². The maximum atomic E-state index is 13.0. The molecule has 2 aromatic rings. The number of hydrogen-bond acceptors (Lipinski definition) is 2. The lowest BCUT2D eigenvalue weighted by Crippen LogP contribution is -2.37. The van der Waals surface area contributed by atoms with Crippen molar-refractivity contribution in [3.8, 4) is 0 Å². The van der Waals surface area contributed by atoms with Crippen LogP contribution < -0.4 is 11.1 Å². The third-order valence-corrected chi connectivity index (χ3v) is 3.72. The van der Waals surface area contributed by atoms with E-state index in [1.807, 2.05) is 52.9 Å². The fourth-order valence-electron chi connectivity index (χ4n) is 1.78. The Hall–Kier alpha value is -1.47. The van der Waals surface area contributed by atoms with E-state index in [9.17, 15) is 9.18 Å². The first-order chi connectivity index (χ1) is 9.56. The van der Waals surface area contributed by atoms with Crippen molar-refractivity contribution in [2.45, 2.75) is 12.5 Å². The largest absolute Gasteiger partial charge is 0.324 e. The first-order valence-corrected chi connectivity index (χ1v) is 7.19. The zero-order valence-electron chi connectivity index (χ0n) is 10.6. The minimum Gasteiger partial charge on any atom is -0.324 e. The molecule has 20 heavy (non-hydrogen) atoms. The van der Waals surface area contributed by atoms with Crippen LogP contribution in [0.5, 0.6) is 0 Å². The smallest absolute Gasteiger partial charge is 0.241 e. The number of nitrogens with two attached hydrogens (primary N) is 1. The number of anilines is 1. The number of rotatable bonds is 4. The molecule has 0 bridgehead atoms. The Balaban J connectivity index is 2.01. The minimum absolute atomic E-state index is 0.279. The molecule has 0 saturated heterocycles. The van der Waals surface area contributed by atoms with Gasteiger partial charge >= 0.3 is 0 Å². The Bertz CT molecular complexity index is 604. The van der Waals surface area contributed by atoms with Crippen LogP contribution in [0, 0.1) is 9.39 Å². The molecule has 2 aromatic carbocycles. The molecule has 1 atom stereocenters. The molecule has 3 N–H and O–H groups in total. The maximum Gasteiger partial charge on any atom is 0.241 e. The van der Waals surface area contributed by atoms with E-state index in [0.29, 0.717) is 15.7 Å². The van der Waals surface area contributed by atoms with Crippen LogP contribution in [0.25, 0.3) is 0 Å². The molecular weight excluding hydrogens is 370 g/mol. The van der Waals surface area contributed by atoms with Gasteiger partial charge in [0, 0.05) is 3.57 Å². The van der Waals surface area contributed by atoms with Gasteiger partial charge in [0.05, 0.1) is 11.7 Å². The molecule has 0 unspecified atom stereocenters. The molecule has 0 aliphatic heterocycles. The van der Waals surface area contributed by atoms with Gasteiger partial charge in [-0.2, -0.15) is 0 Å². The highest BCUT2D eigenvalue weighted by molar-refractivity contribution is 14.1. The van der Waals surface area contributed by atoms with Crippen molar-refractivity contribution in [3.63, 3.8) is 0 Å². The summed E-state index contributed by atoms with van der Waals surface area (Å²) in [5.74, 6) is -0.612. The monoisotopic (exact) mass is 384 g/mol. The topological polar surface area (TPSA) is 55.1 Å². The second kappa shape index (κ2) is 6.81. The van der Waals surface area contributed by atoms with Crippen molar-refractivity contribution in [2.24, 2.45) is 5.73 Å². The van der Waals surface area contributed by atoms with Crippen LogP contribution in [0.3, 0.4) is 0 Å².